The van der Waals surface area contributed by atoms with Crippen molar-refractivity contribution in [2.45, 2.75) is 12.1 Å². The fraction of sp³-hybridized carbons (Fsp3) is 0.667. The third-order valence-corrected chi connectivity index (χ3v) is 2.68. The molecular formula is C3H8Si2. The molecule has 0 rings (SSSR count). The van der Waals surface area contributed by atoms with E-state index in [9.17, 15) is 0 Å². The zero-order valence-electron chi connectivity index (χ0n) is 3.49. The largest absolute Gasteiger partial charge is 0.158 e. The third kappa shape index (κ3) is 4.21. The van der Waals surface area contributed by atoms with Crippen molar-refractivity contribution in [3.8, 4) is 6.00 Å². The summed E-state index contributed by atoms with van der Waals surface area (Å²) < 4.78 is 0. The molecule has 5 heavy (non-hydrogen) atoms. The van der Waals surface area contributed by atoms with Crippen LogP contribution in [-0.2, 0) is 0 Å². The van der Waals surface area contributed by atoms with Gasteiger partial charge in [-0.3, -0.25) is 0 Å². The second-order valence-electron chi connectivity index (χ2n) is 0.954. The Morgan fingerprint density at radius 3 is 2.40 bits per heavy atom. The first-order chi connectivity index (χ1) is 2.41. The van der Waals surface area contributed by atoms with Crippen molar-refractivity contribution in [3.63, 3.8) is 0 Å². The van der Waals surface area contributed by atoms with Gasteiger partial charge in [-0.15, -0.1) is 0 Å². The highest BCUT2D eigenvalue weighted by molar-refractivity contribution is 6.24. The molecule has 0 spiro atoms. The van der Waals surface area contributed by atoms with Crippen LogP contribution in [0.4, 0.5) is 0 Å². The molecule has 0 unspecified atom stereocenters. The zero-order chi connectivity index (χ0) is 4.12. The van der Waals surface area contributed by atoms with Crippen molar-refractivity contribution in [2.75, 3.05) is 0 Å². The van der Waals surface area contributed by atoms with Gasteiger partial charge in [-0.1, -0.05) is 6.04 Å². The average molecular weight is 100 g/mol. The van der Waals surface area contributed by atoms with E-state index in [0.717, 1.165) is 0 Å². The van der Waals surface area contributed by atoms with Crippen LogP contribution >= 0.6 is 0 Å². The molecule has 0 aliphatic heterocycles. The summed E-state index contributed by atoms with van der Waals surface area (Å²) in [5.74, 6) is 0. The van der Waals surface area contributed by atoms with Gasteiger partial charge in [-0.2, -0.15) is 6.00 Å². The second kappa shape index (κ2) is 4.21. The van der Waals surface area contributed by atoms with Crippen LogP contribution in [0.3, 0.4) is 0 Å². The summed E-state index contributed by atoms with van der Waals surface area (Å²) in [5.41, 5.74) is 0. The molecule has 0 heterocycles. The minimum absolute atomic E-state index is 0.693. The van der Waals surface area contributed by atoms with Gasteiger partial charge in [0, 0.05) is 10.2 Å². The maximum Gasteiger partial charge on any atom is 0.00338 e. The fourth-order valence-corrected chi connectivity index (χ4v) is 1.30. The molecule has 0 fully saturated rings. The lowest BCUT2D eigenvalue weighted by molar-refractivity contribution is 1.46. The van der Waals surface area contributed by atoms with Gasteiger partial charge in [0.1, 0.15) is 0 Å². The molecule has 0 nitrogen and oxygen atoms in total. The summed E-state index contributed by atoms with van der Waals surface area (Å²) >= 11 is 0. The van der Waals surface area contributed by atoms with E-state index in [4.69, 9.17) is 6.00 Å². The summed E-state index contributed by atoms with van der Waals surface area (Å²) in [4.78, 5) is 0. The van der Waals surface area contributed by atoms with Crippen molar-refractivity contribution in [3.05, 3.63) is 0 Å². The van der Waals surface area contributed by atoms with E-state index in [1.54, 1.807) is 0 Å². The fourth-order valence-electron chi connectivity index (χ4n) is 0.144. The highest BCUT2D eigenvalue weighted by Gasteiger charge is 1.62. The Morgan fingerprint density at radius 1 is 1.80 bits per heavy atom. The minimum Gasteiger partial charge on any atom is -0.158 e. The van der Waals surface area contributed by atoms with E-state index in [1.807, 2.05) is 0 Å². The van der Waals surface area contributed by atoms with E-state index < -0.39 is 0 Å². The monoisotopic (exact) mass is 100 g/mol. The lowest BCUT2D eigenvalue weighted by atomic mass is 11.0. The summed E-state index contributed by atoms with van der Waals surface area (Å²) in [6.07, 6.45) is 0. The smallest absolute Gasteiger partial charge is 0.00338 e. The van der Waals surface area contributed by atoms with Gasteiger partial charge in [-0.25, -0.2) is 0 Å². The van der Waals surface area contributed by atoms with Crippen LogP contribution < -0.4 is 0 Å². The molecule has 0 radical (unpaired) electrons. The van der Waals surface area contributed by atoms with Crippen LogP contribution in [-0.4, -0.2) is 19.2 Å². The Balaban J connectivity index is 2.48. The lowest BCUT2D eigenvalue weighted by Gasteiger charge is -1.68. The van der Waals surface area contributed by atoms with Gasteiger partial charge >= 0.3 is 0 Å². The van der Waals surface area contributed by atoms with Crippen molar-refractivity contribution >= 4 is 19.2 Å². The molecule has 0 aromatic heterocycles. The molecule has 0 aromatic carbocycles. The number of rotatable bonds is 1. The van der Waals surface area contributed by atoms with E-state index in [0.29, 0.717) is 8.96 Å². The van der Waals surface area contributed by atoms with Crippen molar-refractivity contribution in [1.29, 1.82) is 0 Å². The third-order valence-electron chi connectivity index (χ3n) is 0.394. The van der Waals surface area contributed by atoms with Gasteiger partial charge in [0.05, 0.1) is 0 Å². The van der Waals surface area contributed by atoms with Crippen molar-refractivity contribution in [2.24, 2.45) is 0 Å². The molecule has 0 aliphatic carbocycles. The topological polar surface area (TPSA) is 0 Å². The second-order valence-corrected chi connectivity index (χ2v) is 2.86. The lowest BCUT2D eigenvalue weighted by Crippen LogP contribution is -1.65. The summed E-state index contributed by atoms with van der Waals surface area (Å²) in [6, 6.07) is 7.82. The molecule has 0 bridgehead atoms. The highest BCUT2D eigenvalue weighted by atomic mass is 28.2. The SMILES string of the molecule is C#[Si]CC[SiH3]. The van der Waals surface area contributed by atoms with E-state index in [-0.39, 0.29) is 0 Å². The molecule has 0 N–H and O–H groups in total. The van der Waals surface area contributed by atoms with E-state index in [1.165, 1.54) is 22.3 Å². The summed E-state index contributed by atoms with van der Waals surface area (Å²) in [5, 5.41) is 0. The molecule has 0 saturated heterocycles. The standard InChI is InChI=1S/C3H8Si2/c1-5-3-2-4/h1H,2-3H2,4H3. The van der Waals surface area contributed by atoms with E-state index >= 15 is 0 Å². The molecule has 0 amide bonds. The molecule has 0 saturated carbocycles. The van der Waals surface area contributed by atoms with Crippen LogP contribution in [0.1, 0.15) is 0 Å². The maximum absolute atomic E-state index is 5.19. The van der Waals surface area contributed by atoms with Crippen molar-refractivity contribution in [1.82, 2.24) is 0 Å². The molecule has 0 aliphatic rings. The Hall–Kier alpha value is 0.214. The van der Waals surface area contributed by atoms with Gasteiger partial charge < -0.3 is 0 Å². The van der Waals surface area contributed by atoms with Crippen LogP contribution in [0.5, 0.6) is 0 Å². The summed E-state index contributed by atoms with van der Waals surface area (Å²) in [7, 11) is 2.02. The minimum atomic E-state index is 0.693. The van der Waals surface area contributed by atoms with Crippen LogP contribution in [0, 0.1) is 6.00 Å². The Bertz CT molecular complexity index is 43.3. The van der Waals surface area contributed by atoms with E-state index in [2.05, 4.69) is 0 Å². The van der Waals surface area contributed by atoms with Crippen LogP contribution in [0.25, 0.3) is 0 Å². The molecule has 0 atom stereocenters. The summed E-state index contributed by atoms with van der Waals surface area (Å²) in [6.45, 7) is 0. The maximum atomic E-state index is 5.19. The van der Waals surface area contributed by atoms with Crippen LogP contribution in [0.15, 0.2) is 0 Å². The highest BCUT2D eigenvalue weighted by Crippen LogP contribution is 1.72. The average Bonchev–Trinajstić information content (AvgIpc) is 1.41. The first kappa shape index (κ1) is 5.21. The Labute approximate surface area is 38.1 Å². The van der Waals surface area contributed by atoms with Gasteiger partial charge in [0.15, 0.2) is 0 Å². The number of hydrogen-bond acceptors (Lipinski definition) is 0. The molecular weight excluding hydrogens is 92.2 g/mol. The van der Waals surface area contributed by atoms with Crippen molar-refractivity contribution < 1.29 is 0 Å². The quantitative estimate of drug-likeness (QED) is 0.389. The first-order valence-electron chi connectivity index (χ1n) is 1.85. The van der Waals surface area contributed by atoms with Gasteiger partial charge in [0.25, 0.3) is 0 Å². The molecule has 2 heteroatoms. The van der Waals surface area contributed by atoms with Gasteiger partial charge in [0.2, 0.25) is 0 Å². The Kier molecular flexibility index (Phi) is 4.39. The predicted octanol–water partition coefficient (Wildman–Crippen LogP) is -0.518. The number of hydrogen-bond donors (Lipinski definition) is 0. The molecule has 28 valence electrons. The first-order valence-corrected chi connectivity index (χ1v) is 4.55. The molecule has 0 aromatic rings. The predicted molar refractivity (Wildman–Crippen MR) is 30.3 cm³/mol. The van der Waals surface area contributed by atoms with Crippen LogP contribution in [0.2, 0.25) is 12.1 Å². The Morgan fingerprint density at radius 2 is 2.40 bits per heavy atom. The van der Waals surface area contributed by atoms with Gasteiger partial charge in [-0.05, 0) is 15.0 Å². The zero-order valence-corrected chi connectivity index (χ0v) is 6.49. The normalized spacial score (nSPS) is 7.00.